The molecule has 0 amide bonds. The minimum atomic E-state index is -0.787. The number of unbranched alkanes of at least 4 members (excludes halogenated alkanes) is 19. The Morgan fingerprint density at radius 3 is 1.43 bits per heavy atom. The molecule has 44 heavy (non-hydrogen) atoms. The molecule has 0 aliphatic rings. The Hall–Kier alpha value is -1.88. The monoisotopic (exact) mass is 619 g/mol. The molecule has 0 aliphatic heterocycles. The molecular formula is C39H70O5. The van der Waals surface area contributed by atoms with Gasteiger partial charge in [0.25, 0.3) is 0 Å². The predicted octanol–water partition coefficient (Wildman–Crippen LogP) is 11.3. The lowest BCUT2D eigenvalue weighted by molar-refractivity contribution is -0.161. The summed E-state index contributed by atoms with van der Waals surface area (Å²) in [6.45, 7) is 4.08. The number of esters is 2. The van der Waals surface area contributed by atoms with Crippen molar-refractivity contribution in [1.29, 1.82) is 0 Å². The first kappa shape index (κ1) is 42.1. The minimum absolute atomic E-state index is 0.0896. The highest BCUT2D eigenvalue weighted by molar-refractivity contribution is 5.70. The van der Waals surface area contributed by atoms with Crippen molar-refractivity contribution in [2.45, 2.75) is 187 Å². The SMILES string of the molecule is CCCCCCCC/C=C\C/C=C\C/C=C\CCCC(=O)OC[C@H](CO)OC(=O)CCCCCCCCCCCCCCC. The maximum absolute atomic E-state index is 12.1. The summed E-state index contributed by atoms with van der Waals surface area (Å²) in [5.74, 6) is -0.649. The number of carbonyl (C=O) groups is 2. The van der Waals surface area contributed by atoms with E-state index < -0.39 is 6.10 Å². The van der Waals surface area contributed by atoms with E-state index in [1.807, 2.05) is 0 Å². The maximum atomic E-state index is 12.1. The van der Waals surface area contributed by atoms with Crippen LogP contribution in [0, 0.1) is 0 Å². The second-order valence-corrected chi connectivity index (χ2v) is 12.3. The molecule has 0 radical (unpaired) electrons. The van der Waals surface area contributed by atoms with E-state index >= 15 is 0 Å². The van der Waals surface area contributed by atoms with Crippen molar-refractivity contribution in [3.63, 3.8) is 0 Å². The van der Waals surface area contributed by atoms with Crippen molar-refractivity contribution in [3.8, 4) is 0 Å². The summed E-state index contributed by atoms with van der Waals surface area (Å²) in [6.07, 6.45) is 42.0. The first-order chi connectivity index (χ1) is 21.6. The second-order valence-electron chi connectivity index (χ2n) is 12.3. The van der Waals surface area contributed by atoms with Crippen molar-refractivity contribution in [2.75, 3.05) is 13.2 Å². The van der Waals surface area contributed by atoms with Crippen LogP contribution in [0.4, 0.5) is 0 Å². The smallest absolute Gasteiger partial charge is 0.306 e. The molecular weight excluding hydrogens is 548 g/mol. The van der Waals surface area contributed by atoms with E-state index in [2.05, 4.69) is 50.3 Å². The molecule has 0 aromatic carbocycles. The zero-order valence-corrected chi connectivity index (χ0v) is 28.9. The lowest BCUT2D eigenvalue weighted by Crippen LogP contribution is -2.28. The fourth-order valence-electron chi connectivity index (χ4n) is 5.10. The molecule has 1 N–H and O–H groups in total. The summed E-state index contributed by atoms with van der Waals surface area (Å²) in [4.78, 5) is 24.1. The standard InChI is InChI=1S/C39H70O5/c1-3-5-7-9-11-13-15-17-18-19-20-22-23-25-27-29-31-33-38(41)43-36-37(35-40)44-39(42)34-32-30-28-26-24-21-16-14-12-10-8-6-4-2/h17-18,20,22,25,27,37,40H,3-16,19,21,23-24,26,28-36H2,1-2H3/b18-17-,22-20-,27-25-/t37-/m0/s1. The van der Waals surface area contributed by atoms with Gasteiger partial charge < -0.3 is 14.6 Å². The number of aliphatic hydroxyl groups is 1. The van der Waals surface area contributed by atoms with Gasteiger partial charge in [-0.15, -0.1) is 0 Å². The van der Waals surface area contributed by atoms with Gasteiger partial charge in [-0.3, -0.25) is 9.59 Å². The Kier molecular flexibility index (Phi) is 34.1. The molecule has 0 rings (SSSR count). The second kappa shape index (κ2) is 35.6. The van der Waals surface area contributed by atoms with Crippen LogP contribution in [0.1, 0.15) is 181 Å². The molecule has 0 saturated heterocycles. The Balaban J connectivity index is 3.65. The third-order valence-corrected chi connectivity index (χ3v) is 7.94. The summed E-state index contributed by atoms with van der Waals surface area (Å²) < 4.78 is 10.5. The van der Waals surface area contributed by atoms with Gasteiger partial charge >= 0.3 is 11.9 Å². The highest BCUT2D eigenvalue weighted by atomic mass is 16.6. The quantitative estimate of drug-likeness (QED) is 0.0450. The summed E-state index contributed by atoms with van der Waals surface area (Å²) in [5, 5.41) is 9.52. The van der Waals surface area contributed by atoms with Gasteiger partial charge in [0.2, 0.25) is 0 Å². The normalized spacial score (nSPS) is 12.5. The number of ether oxygens (including phenoxy) is 2. The Morgan fingerprint density at radius 2 is 0.932 bits per heavy atom. The minimum Gasteiger partial charge on any atom is -0.462 e. The van der Waals surface area contributed by atoms with E-state index in [0.29, 0.717) is 19.3 Å². The van der Waals surface area contributed by atoms with Crippen molar-refractivity contribution in [1.82, 2.24) is 0 Å². The van der Waals surface area contributed by atoms with E-state index in [1.165, 1.54) is 109 Å². The average molecular weight is 619 g/mol. The van der Waals surface area contributed by atoms with Crippen LogP contribution in [-0.4, -0.2) is 36.4 Å². The van der Waals surface area contributed by atoms with Crippen LogP contribution < -0.4 is 0 Å². The third kappa shape index (κ3) is 33.0. The zero-order valence-electron chi connectivity index (χ0n) is 28.9. The maximum Gasteiger partial charge on any atom is 0.306 e. The van der Waals surface area contributed by atoms with Gasteiger partial charge in [0, 0.05) is 12.8 Å². The van der Waals surface area contributed by atoms with Crippen LogP contribution in [0.25, 0.3) is 0 Å². The van der Waals surface area contributed by atoms with Crippen LogP contribution in [0.15, 0.2) is 36.5 Å². The number of aliphatic hydroxyl groups excluding tert-OH is 1. The van der Waals surface area contributed by atoms with Crippen LogP contribution in [0.5, 0.6) is 0 Å². The molecule has 5 heteroatoms. The van der Waals surface area contributed by atoms with Gasteiger partial charge in [0.15, 0.2) is 6.10 Å². The summed E-state index contributed by atoms with van der Waals surface area (Å²) in [6, 6.07) is 0. The Morgan fingerprint density at radius 1 is 0.523 bits per heavy atom. The van der Waals surface area contributed by atoms with E-state index in [9.17, 15) is 14.7 Å². The molecule has 0 aromatic rings. The summed E-state index contributed by atoms with van der Waals surface area (Å²) in [5.41, 5.74) is 0. The third-order valence-electron chi connectivity index (χ3n) is 7.94. The average Bonchev–Trinajstić information content (AvgIpc) is 3.02. The largest absolute Gasteiger partial charge is 0.462 e. The molecule has 0 saturated carbocycles. The van der Waals surface area contributed by atoms with Crippen LogP contribution in [0.3, 0.4) is 0 Å². The molecule has 0 spiro atoms. The Labute approximate surface area is 272 Å². The van der Waals surface area contributed by atoms with Crippen LogP contribution in [-0.2, 0) is 19.1 Å². The van der Waals surface area contributed by atoms with E-state index in [-0.39, 0.29) is 25.2 Å². The van der Waals surface area contributed by atoms with Crippen LogP contribution in [0.2, 0.25) is 0 Å². The fourth-order valence-corrected chi connectivity index (χ4v) is 5.10. The highest BCUT2D eigenvalue weighted by Crippen LogP contribution is 2.13. The van der Waals surface area contributed by atoms with Gasteiger partial charge in [0.1, 0.15) is 6.61 Å². The molecule has 0 bridgehead atoms. The molecule has 0 fully saturated rings. The highest BCUT2D eigenvalue weighted by Gasteiger charge is 2.16. The molecule has 256 valence electrons. The first-order valence-corrected chi connectivity index (χ1v) is 18.5. The number of rotatable bonds is 33. The van der Waals surface area contributed by atoms with Crippen molar-refractivity contribution in [3.05, 3.63) is 36.5 Å². The van der Waals surface area contributed by atoms with Gasteiger partial charge in [-0.1, -0.05) is 159 Å². The van der Waals surface area contributed by atoms with E-state index in [1.54, 1.807) is 0 Å². The summed E-state index contributed by atoms with van der Waals surface area (Å²) >= 11 is 0. The number of hydrogen-bond acceptors (Lipinski definition) is 5. The predicted molar refractivity (Wildman–Crippen MR) is 187 cm³/mol. The number of hydrogen-bond donors (Lipinski definition) is 1. The van der Waals surface area contributed by atoms with E-state index in [0.717, 1.165) is 38.5 Å². The van der Waals surface area contributed by atoms with Crippen molar-refractivity contribution in [2.24, 2.45) is 0 Å². The first-order valence-electron chi connectivity index (χ1n) is 18.5. The fraction of sp³-hybridized carbons (Fsp3) is 0.795. The zero-order chi connectivity index (χ0) is 32.2. The Bertz CT molecular complexity index is 711. The number of allylic oxidation sites excluding steroid dienone is 6. The topological polar surface area (TPSA) is 72.8 Å². The van der Waals surface area contributed by atoms with Gasteiger partial charge in [-0.05, 0) is 44.9 Å². The van der Waals surface area contributed by atoms with Gasteiger partial charge in [0.05, 0.1) is 6.61 Å². The molecule has 0 aliphatic carbocycles. The molecule has 0 aromatic heterocycles. The molecule has 1 atom stereocenters. The summed E-state index contributed by atoms with van der Waals surface area (Å²) in [7, 11) is 0. The lowest BCUT2D eigenvalue weighted by Gasteiger charge is -2.15. The molecule has 5 nitrogen and oxygen atoms in total. The van der Waals surface area contributed by atoms with Gasteiger partial charge in [-0.25, -0.2) is 0 Å². The van der Waals surface area contributed by atoms with Crippen molar-refractivity contribution >= 4 is 11.9 Å². The van der Waals surface area contributed by atoms with Crippen molar-refractivity contribution < 1.29 is 24.2 Å². The van der Waals surface area contributed by atoms with E-state index in [4.69, 9.17) is 9.47 Å². The van der Waals surface area contributed by atoms with Crippen LogP contribution >= 0.6 is 0 Å². The van der Waals surface area contributed by atoms with Gasteiger partial charge in [-0.2, -0.15) is 0 Å². The molecule has 0 unspecified atom stereocenters. The number of carbonyl (C=O) groups excluding carboxylic acids is 2. The lowest BCUT2D eigenvalue weighted by atomic mass is 10.0. The molecule has 0 heterocycles.